The van der Waals surface area contributed by atoms with Crippen molar-refractivity contribution in [2.24, 2.45) is 11.8 Å². The van der Waals surface area contributed by atoms with E-state index in [2.05, 4.69) is 60.5 Å². The minimum Gasteiger partial charge on any atom is -0.496 e. The SMILES string of the molecule is COc1ccc2ccccc2c1CN1CC(NC(C)=O)C(C(C)C)C1. The Balaban J connectivity index is 1.87. The number of hydrogen-bond acceptors (Lipinski definition) is 3. The number of amides is 1. The molecule has 3 rings (SSSR count). The Hall–Kier alpha value is -2.07. The minimum absolute atomic E-state index is 0.0558. The topological polar surface area (TPSA) is 41.6 Å². The molecule has 2 aromatic rings. The third-order valence-electron chi connectivity index (χ3n) is 5.28. The Kier molecular flexibility index (Phi) is 5.28. The van der Waals surface area contributed by atoms with Crippen molar-refractivity contribution in [3.8, 4) is 5.75 Å². The summed E-state index contributed by atoms with van der Waals surface area (Å²) in [6, 6.07) is 12.8. The van der Waals surface area contributed by atoms with Gasteiger partial charge in [0.05, 0.1) is 7.11 Å². The van der Waals surface area contributed by atoms with Crippen molar-refractivity contribution in [3.05, 3.63) is 42.0 Å². The highest BCUT2D eigenvalue weighted by molar-refractivity contribution is 5.87. The zero-order valence-electron chi connectivity index (χ0n) is 15.6. The van der Waals surface area contributed by atoms with Crippen LogP contribution in [-0.4, -0.2) is 37.0 Å². The molecule has 4 nitrogen and oxygen atoms in total. The summed E-state index contributed by atoms with van der Waals surface area (Å²) in [7, 11) is 1.73. The lowest BCUT2D eigenvalue weighted by atomic mass is 9.91. The standard InChI is InChI=1S/C21H28N2O2/c1-14(2)18-11-23(13-20(18)22-15(3)24)12-19-17-8-6-5-7-16(17)9-10-21(19)25-4/h5-10,14,18,20H,11-13H2,1-4H3,(H,22,24). The Morgan fingerprint density at radius 1 is 1.24 bits per heavy atom. The second-order valence-corrected chi connectivity index (χ2v) is 7.38. The second-order valence-electron chi connectivity index (χ2n) is 7.38. The van der Waals surface area contributed by atoms with E-state index in [1.807, 2.05) is 0 Å². The Labute approximate surface area is 150 Å². The van der Waals surface area contributed by atoms with Gasteiger partial charge < -0.3 is 10.1 Å². The molecule has 0 spiro atoms. The van der Waals surface area contributed by atoms with Gasteiger partial charge in [0, 0.05) is 38.2 Å². The molecule has 1 amide bonds. The quantitative estimate of drug-likeness (QED) is 0.906. The lowest BCUT2D eigenvalue weighted by molar-refractivity contribution is -0.119. The van der Waals surface area contributed by atoms with Crippen LogP contribution in [0.15, 0.2) is 36.4 Å². The molecule has 0 radical (unpaired) electrons. The highest BCUT2D eigenvalue weighted by Crippen LogP contribution is 2.32. The van der Waals surface area contributed by atoms with E-state index in [-0.39, 0.29) is 11.9 Å². The van der Waals surface area contributed by atoms with Gasteiger partial charge in [0.2, 0.25) is 5.91 Å². The number of carbonyl (C=O) groups is 1. The van der Waals surface area contributed by atoms with Crippen molar-refractivity contribution >= 4 is 16.7 Å². The number of rotatable bonds is 5. The molecule has 0 saturated carbocycles. The van der Waals surface area contributed by atoms with Crippen LogP contribution in [0.4, 0.5) is 0 Å². The summed E-state index contributed by atoms with van der Waals surface area (Å²) >= 11 is 0. The average molecular weight is 340 g/mol. The van der Waals surface area contributed by atoms with Crippen LogP contribution < -0.4 is 10.1 Å². The third-order valence-corrected chi connectivity index (χ3v) is 5.28. The summed E-state index contributed by atoms with van der Waals surface area (Å²) in [5, 5.41) is 5.62. The van der Waals surface area contributed by atoms with Crippen molar-refractivity contribution in [1.82, 2.24) is 10.2 Å². The molecular formula is C21H28N2O2. The monoisotopic (exact) mass is 340 g/mol. The fourth-order valence-corrected chi connectivity index (χ4v) is 4.03. The largest absolute Gasteiger partial charge is 0.496 e. The summed E-state index contributed by atoms with van der Waals surface area (Å²) in [5.74, 6) is 2.00. The summed E-state index contributed by atoms with van der Waals surface area (Å²) in [6.07, 6.45) is 0. The van der Waals surface area contributed by atoms with E-state index in [9.17, 15) is 4.79 Å². The van der Waals surface area contributed by atoms with Crippen LogP contribution in [0, 0.1) is 11.8 Å². The Bertz CT molecular complexity index is 757. The number of fused-ring (bicyclic) bond motifs is 1. The first kappa shape index (κ1) is 17.7. The van der Waals surface area contributed by atoms with E-state index >= 15 is 0 Å². The van der Waals surface area contributed by atoms with Crippen LogP contribution in [0.25, 0.3) is 10.8 Å². The molecule has 1 aliphatic heterocycles. The summed E-state index contributed by atoms with van der Waals surface area (Å²) < 4.78 is 5.63. The Morgan fingerprint density at radius 3 is 2.68 bits per heavy atom. The molecule has 0 aliphatic carbocycles. The number of nitrogens with zero attached hydrogens (tertiary/aromatic N) is 1. The number of benzene rings is 2. The first-order chi connectivity index (χ1) is 12.0. The molecule has 1 N–H and O–H groups in total. The van der Waals surface area contributed by atoms with Crippen molar-refractivity contribution in [2.75, 3.05) is 20.2 Å². The molecule has 1 fully saturated rings. The molecule has 4 heteroatoms. The molecule has 134 valence electrons. The number of likely N-dealkylation sites (tertiary alicyclic amines) is 1. The van der Waals surface area contributed by atoms with Gasteiger partial charge in [0.25, 0.3) is 0 Å². The molecule has 1 heterocycles. The number of carbonyl (C=O) groups excluding carboxylic acids is 1. The second kappa shape index (κ2) is 7.44. The third kappa shape index (κ3) is 3.79. The maximum absolute atomic E-state index is 11.6. The molecule has 2 aromatic carbocycles. The van der Waals surface area contributed by atoms with E-state index < -0.39 is 0 Å². The van der Waals surface area contributed by atoms with Crippen molar-refractivity contribution in [1.29, 1.82) is 0 Å². The van der Waals surface area contributed by atoms with Gasteiger partial charge in [0.1, 0.15) is 5.75 Å². The van der Waals surface area contributed by atoms with Gasteiger partial charge in [-0.2, -0.15) is 0 Å². The molecule has 25 heavy (non-hydrogen) atoms. The molecule has 1 saturated heterocycles. The lowest BCUT2D eigenvalue weighted by Crippen LogP contribution is -2.40. The van der Waals surface area contributed by atoms with Crippen LogP contribution >= 0.6 is 0 Å². The van der Waals surface area contributed by atoms with Crippen molar-refractivity contribution in [2.45, 2.75) is 33.4 Å². The van der Waals surface area contributed by atoms with Gasteiger partial charge in [-0.15, -0.1) is 0 Å². The molecule has 0 bridgehead atoms. The van der Waals surface area contributed by atoms with Gasteiger partial charge in [-0.1, -0.05) is 44.2 Å². The maximum atomic E-state index is 11.6. The molecule has 2 atom stereocenters. The zero-order chi connectivity index (χ0) is 18.0. The van der Waals surface area contributed by atoms with Crippen molar-refractivity contribution < 1.29 is 9.53 Å². The van der Waals surface area contributed by atoms with Crippen LogP contribution in [0.3, 0.4) is 0 Å². The highest BCUT2D eigenvalue weighted by atomic mass is 16.5. The minimum atomic E-state index is 0.0558. The van der Waals surface area contributed by atoms with E-state index in [1.165, 1.54) is 16.3 Å². The lowest BCUT2D eigenvalue weighted by Gasteiger charge is -2.22. The average Bonchev–Trinajstić information content (AvgIpc) is 2.97. The number of methoxy groups -OCH3 is 1. The van der Waals surface area contributed by atoms with Crippen LogP contribution in [0.2, 0.25) is 0 Å². The molecule has 1 aliphatic rings. The van der Waals surface area contributed by atoms with Gasteiger partial charge in [0.15, 0.2) is 0 Å². The fourth-order valence-electron chi connectivity index (χ4n) is 4.03. The fraction of sp³-hybridized carbons (Fsp3) is 0.476. The number of ether oxygens (including phenoxy) is 1. The smallest absolute Gasteiger partial charge is 0.217 e. The maximum Gasteiger partial charge on any atom is 0.217 e. The summed E-state index contributed by atoms with van der Waals surface area (Å²) in [6.45, 7) is 8.80. The first-order valence-electron chi connectivity index (χ1n) is 9.03. The Morgan fingerprint density at radius 2 is 2.00 bits per heavy atom. The predicted molar refractivity (Wildman–Crippen MR) is 102 cm³/mol. The zero-order valence-corrected chi connectivity index (χ0v) is 15.6. The van der Waals surface area contributed by atoms with E-state index in [4.69, 9.17) is 4.74 Å². The van der Waals surface area contributed by atoms with Gasteiger partial charge in [-0.25, -0.2) is 0 Å². The summed E-state index contributed by atoms with van der Waals surface area (Å²) in [4.78, 5) is 14.0. The van der Waals surface area contributed by atoms with E-state index in [0.29, 0.717) is 11.8 Å². The van der Waals surface area contributed by atoms with Crippen LogP contribution in [-0.2, 0) is 11.3 Å². The van der Waals surface area contributed by atoms with E-state index in [1.54, 1.807) is 14.0 Å². The van der Waals surface area contributed by atoms with Crippen LogP contribution in [0.5, 0.6) is 5.75 Å². The van der Waals surface area contributed by atoms with E-state index in [0.717, 1.165) is 25.4 Å². The molecule has 0 aromatic heterocycles. The molecular weight excluding hydrogens is 312 g/mol. The van der Waals surface area contributed by atoms with Gasteiger partial charge >= 0.3 is 0 Å². The van der Waals surface area contributed by atoms with Crippen molar-refractivity contribution in [3.63, 3.8) is 0 Å². The summed E-state index contributed by atoms with van der Waals surface area (Å²) in [5.41, 5.74) is 1.23. The normalized spacial score (nSPS) is 21.0. The predicted octanol–water partition coefficient (Wildman–Crippen LogP) is 3.44. The number of hydrogen-bond donors (Lipinski definition) is 1. The van der Waals surface area contributed by atoms with Crippen LogP contribution in [0.1, 0.15) is 26.3 Å². The molecule has 2 unspecified atom stereocenters. The first-order valence-corrected chi connectivity index (χ1v) is 9.03. The number of nitrogens with one attached hydrogen (secondary N) is 1. The van der Waals surface area contributed by atoms with Gasteiger partial charge in [-0.05, 0) is 28.7 Å². The van der Waals surface area contributed by atoms with Gasteiger partial charge in [-0.3, -0.25) is 9.69 Å². The highest BCUT2D eigenvalue weighted by Gasteiger charge is 2.35.